The lowest BCUT2D eigenvalue weighted by atomic mass is 10.3. The number of benzene rings is 1. The third kappa shape index (κ3) is 4.37. The molecule has 7 heteroatoms. The minimum atomic E-state index is -0.709. The molecule has 1 unspecified atom stereocenters. The van der Waals surface area contributed by atoms with E-state index in [-0.39, 0.29) is 11.5 Å². The van der Waals surface area contributed by atoms with E-state index in [9.17, 15) is 9.59 Å². The van der Waals surface area contributed by atoms with Gasteiger partial charge in [0, 0.05) is 6.07 Å². The van der Waals surface area contributed by atoms with Crippen molar-refractivity contribution in [1.29, 1.82) is 0 Å². The van der Waals surface area contributed by atoms with Gasteiger partial charge < -0.3 is 10.1 Å². The second kappa shape index (κ2) is 8.44. The number of hydrogen-bond donors (Lipinski definition) is 1. The third-order valence-corrected chi connectivity index (χ3v) is 4.65. The fourth-order valence-electron chi connectivity index (χ4n) is 2.38. The number of rotatable bonds is 7. The average Bonchev–Trinajstić information content (AvgIpc) is 3.20. The second-order valence-electron chi connectivity index (χ2n) is 5.61. The van der Waals surface area contributed by atoms with Gasteiger partial charge in [0.2, 0.25) is 5.91 Å². The summed E-state index contributed by atoms with van der Waals surface area (Å²) in [6, 6.07) is 15.6. The van der Waals surface area contributed by atoms with Crippen LogP contribution in [0.1, 0.15) is 13.0 Å². The number of aromatic nitrogens is 2. The van der Waals surface area contributed by atoms with Crippen molar-refractivity contribution in [3.8, 4) is 16.3 Å². The quantitative estimate of drug-likeness (QED) is 0.650. The Bertz CT molecular complexity index is 907. The average molecular weight is 369 g/mol. The molecule has 1 atom stereocenters. The molecule has 0 bridgehead atoms. The van der Waals surface area contributed by atoms with E-state index in [2.05, 4.69) is 10.4 Å². The first-order chi connectivity index (χ1) is 12.6. The molecule has 1 N–H and O–H groups in total. The number of para-hydroxylation sites is 1. The molecule has 3 aromatic rings. The molecule has 0 spiro atoms. The van der Waals surface area contributed by atoms with Gasteiger partial charge in [-0.05, 0) is 36.6 Å². The van der Waals surface area contributed by atoms with Crippen molar-refractivity contribution >= 4 is 17.2 Å². The minimum Gasteiger partial charge on any atom is -0.492 e. The van der Waals surface area contributed by atoms with Gasteiger partial charge in [-0.15, -0.1) is 11.3 Å². The van der Waals surface area contributed by atoms with Crippen LogP contribution in [0, 0.1) is 0 Å². The van der Waals surface area contributed by atoms with Gasteiger partial charge in [-0.3, -0.25) is 9.59 Å². The minimum absolute atomic E-state index is 0.278. The van der Waals surface area contributed by atoms with Crippen molar-refractivity contribution in [3.05, 3.63) is 70.3 Å². The lowest BCUT2D eigenvalue weighted by molar-refractivity contribution is -0.124. The molecule has 3 rings (SSSR count). The molecule has 134 valence electrons. The number of hydrogen-bond acceptors (Lipinski definition) is 5. The Morgan fingerprint density at radius 1 is 1.19 bits per heavy atom. The van der Waals surface area contributed by atoms with Gasteiger partial charge in [0.25, 0.3) is 5.56 Å². The fourth-order valence-corrected chi connectivity index (χ4v) is 3.07. The summed E-state index contributed by atoms with van der Waals surface area (Å²) in [5, 5.41) is 9.05. The number of ether oxygens (including phenoxy) is 1. The summed E-state index contributed by atoms with van der Waals surface area (Å²) in [5.74, 6) is 0.468. The molecule has 26 heavy (non-hydrogen) atoms. The maximum absolute atomic E-state index is 12.3. The highest BCUT2D eigenvalue weighted by Gasteiger charge is 2.17. The predicted molar refractivity (Wildman–Crippen MR) is 101 cm³/mol. The first kappa shape index (κ1) is 17.9. The molecular weight excluding hydrogens is 350 g/mol. The topological polar surface area (TPSA) is 73.2 Å². The molecule has 2 aromatic heterocycles. The SMILES string of the molecule is CC(C(=O)NCCOc1ccccc1)n1nc(-c2cccs2)ccc1=O. The lowest BCUT2D eigenvalue weighted by Gasteiger charge is -2.15. The van der Waals surface area contributed by atoms with Crippen LogP contribution in [0.25, 0.3) is 10.6 Å². The summed E-state index contributed by atoms with van der Waals surface area (Å²) in [6.07, 6.45) is 0. The Kier molecular flexibility index (Phi) is 5.80. The summed E-state index contributed by atoms with van der Waals surface area (Å²) in [7, 11) is 0. The summed E-state index contributed by atoms with van der Waals surface area (Å²) in [4.78, 5) is 25.4. The standard InChI is InChI=1S/C19H19N3O3S/c1-14(19(24)20-11-12-25-15-6-3-2-4-7-15)22-18(23)10-9-16(21-22)17-8-5-13-26-17/h2-10,13-14H,11-12H2,1H3,(H,20,24). The van der Waals surface area contributed by atoms with Crippen LogP contribution in [-0.4, -0.2) is 28.8 Å². The number of carbonyl (C=O) groups excluding carboxylic acids is 1. The molecule has 0 aliphatic carbocycles. The van der Waals surface area contributed by atoms with Crippen molar-refractivity contribution < 1.29 is 9.53 Å². The van der Waals surface area contributed by atoms with Crippen LogP contribution in [0.15, 0.2) is 64.8 Å². The van der Waals surface area contributed by atoms with Gasteiger partial charge in [-0.1, -0.05) is 24.3 Å². The largest absolute Gasteiger partial charge is 0.492 e. The fraction of sp³-hybridized carbons (Fsp3) is 0.211. The Morgan fingerprint density at radius 3 is 2.73 bits per heavy atom. The number of thiophene rings is 1. The van der Waals surface area contributed by atoms with E-state index in [0.29, 0.717) is 18.8 Å². The third-order valence-electron chi connectivity index (χ3n) is 3.76. The molecule has 1 amide bonds. The Morgan fingerprint density at radius 2 is 2.00 bits per heavy atom. The zero-order valence-electron chi connectivity index (χ0n) is 14.3. The highest BCUT2D eigenvalue weighted by Crippen LogP contribution is 2.21. The van der Waals surface area contributed by atoms with Crippen molar-refractivity contribution in [2.24, 2.45) is 0 Å². The molecule has 1 aromatic carbocycles. The zero-order chi connectivity index (χ0) is 18.4. The van der Waals surface area contributed by atoms with Crippen molar-refractivity contribution in [1.82, 2.24) is 15.1 Å². The molecule has 0 radical (unpaired) electrons. The summed E-state index contributed by atoms with van der Waals surface area (Å²) < 4.78 is 6.75. The van der Waals surface area contributed by atoms with Crippen LogP contribution < -0.4 is 15.6 Å². The molecule has 0 fully saturated rings. The molecule has 0 aliphatic rings. The van der Waals surface area contributed by atoms with Crippen molar-refractivity contribution in [2.75, 3.05) is 13.2 Å². The van der Waals surface area contributed by atoms with Crippen molar-refractivity contribution in [3.63, 3.8) is 0 Å². The normalized spacial score (nSPS) is 11.7. The number of amides is 1. The first-order valence-electron chi connectivity index (χ1n) is 8.24. The van der Waals surface area contributed by atoms with E-state index in [1.165, 1.54) is 22.1 Å². The number of nitrogens with zero attached hydrogens (tertiary/aromatic N) is 2. The van der Waals surface area contributed by atoms with E-state index >= 15 is 0 Å². The Labute approximate surface area is 155 Å². The maximum Gasteiger partial charge on any atom is 0.267 e. The predicted octanol–water partition coefficient (Wildman–Crippen LogP) is 2.73. The molecule has 6 nitrogen and oxygen atoms in total. The van der Waals surface area contributed by atoms with Gasteiger partial charge in [0.1, 0.15) is 24.1 Å². The number of carbonyl (C=O) groups is 1. The van der Waals surface area contributed by atoms with Crippen LogP contribution >= 0.6 is 11.3 Å². The first-order valence-corrected chi connectivity index (χ1v) is 9.12. The second-order valence-corrected chi connectivity index (χ2v) is 6.55. The van der Waals surface area contributed by atoms with Crippen LogP contribution in [-0.2, 0) is 4.79 Å². The van der Waals surface area contributed by atoms with E-state index < -0.39 is 6.04 Å². The lowest BCUT2D eigenvalue weighted by Crippen LogP contribution is -2.38. The summed E-state index contributed by atoms with van der Waals surface area (Å²) in [6.45, 7) is 2.34. The van der Waals surface area contributed by atoms with Gasteiger partial charge in [-0.2, -0.15) is 5.10 Å². The smallest absolute Gasteiger partial charge is 0.267 e. The monoisotopic (exact) mass is 369 g/mol. The summed E-state index contributed by atoms with van der Waals surface area (Å²) >= 11 is 1.53. The maximum atomic E-state index is 12.3. The van der Waals surface area contributed by atoms with Gasteiger partial charge >= 0.3 is 0 Å². The molecular formula is C19H19N3O3S. The Balaban J connectivity index is 1.59. The van der Waals surface area contributed by atoms with Crippen LogP contribution in [0.2, 0.25) is 0 Å². The highest BCUT2D eigenvalue weighted by atomic mass is 32.1. The van der Waals surface area contributed by atoms with Gasteiger partial charge in [0.15, 0.2) is 0 Å². The summed E-state index contributed by atoms with van der Waals surface area (Å²) in [5.41, 5.74) is 0.361. The van der Waals surface area contributed by atoms with E-state index in [0.717, 1.165) is 10.6 Å². The van der Waals surface area contributed by atoms with Gasteiger partial charge in [0.05, 0.1) is 11.4 Å². The molecule has 0 saturated carbocycles. The van der Waals surface area contributed by atoms with Gasteiger partial charge in [-0.25, -0.2) is 4.68 Å². The van der Waals surface area contributed by atoms with E-state index in [1.54, 1.807) is 13.0 Å². The highest BCUT2D eigenvalue weighted by molar-refractivity contribution is 7.13. The van der Waals surface area contributed by atoms with Crippen LogP contribution in [0.5, 0.6) is 5.75 Å². The molecule has 0 aliphatic heterocycles. The van der Waals surface area contributed by atoms with Crippen molar-refractivity contribution in [2.45, 2.75) is 13.0 Å². The van der Waals surface area contributed by atoms with E-state index in [4.69, 9.17) is 4.74 Å². The van der Waals surface area contributed by atoms with Crippen LogP contribution in [0.4, 0.5) is 0 Å². The number of nitrogens with one attached hydrogen (secondary N) is 1. The molecule has 0 saturated heterocycles. The zero-order valence-corrected chi connectivity index (χ0v) is 15.1. The molecule has 2 heterocycles. The van der Waals surface area contributed by atoms with E-state index in [1.807, 2.05) is 47.8 Å². The Hall–Kier alpha value is -2.93. The van der Waals surface area contributed by atoms with Crippen LogP contribution in [0.3, 0.4) is 0 Å².